The van der Waals surface area contributed by atoms with Gasteiger partial charge in [0.25, 0.3) is 5.91 Å². The van der Waals surface area contributed by atoms with Crippen LogP contribution in [-0.2, 0) is 35.1 Å². The standard InChI is InChI=1S/C27H37N3O9/c1-6-38-25(36)17(2)14-19(29-26(37)39-27(3,4)5)15-18-9-10-21(31)20(16-18)30-23(33)8-7-13-28-22(32)11-12-24(34)35/h9-10,16-17,19,31H,6-8,13-15H2,1-5H3,(H,28,32)(H,29,37)(H,30,33)(H,34,35). The van der Waals surface area contributed by atoms with Gasteiger partial charge in [0, 0.05) is 30.8 Å². The quantitative estimate of drug-likeness (QED) is 0.114. The molecule has 0 aliphatic heterocycles. The summed E-state index contributed by atoms with van der Waals surface area (Å²) in [6.07, 6.45) is 0.159. The molecule has 12 heteroatoms. The summed E-state index contributed by atoms with van der Waals surface area (Å²) < 4.78 is 10.4. The fourth-order valence-electron chi connectivity index (χ4n) is 3.39. The number of carbonyl (C=O) groups is 5. The van der Waals surface area contributed by atoms with E-state index in [4.69, 9.17) is 14.6 Å². The van der Waals surface area contributed by atoms with Gasteiger partial charge in [-0.05, 0) is 64.7 Å². The smallest absolute Gasteiger partial charge is 0.407 e. The number of hydrogen-bond donors (Lipinski definition) is 5. The van der Waals surface area contributed by atoms with Gasteiger partial charge >= 0.3 is 18.0 Å². The van der Waals surface area contributed by atoms with E-state index >= 15 is 0 Å². The van der Waals surface area contributed by atoms with Crippen LogP contribution in [0.4, 0.5) is 10.5 Å². The SMILES string of the molecule is CCOC(=O)C(C)CC(Cc1ccc(O)c(NC(=O)CCCNC(=O)C#CC(=O)O)c1)NC(=O)OC(C)(C)C. The maximum absolute atomic E-state index is 12.4. The summed E-state index contributed by atoms with van der Waals surface area (Å²) in [5, 5.41) is 26.4. The summed E-state index contributed by atoms with van der Waals surface area (Å²) in [4.78, 5) is 58.7. The molecule has 0 radical (unpaired) electrons. The first-order chi connectivity index (χ1) is 18.2. The van der Waals surface area contributed by atoms with Gasteiger partial charge in [-0.1, -0.05) is 13.0 Å². The highest BCUT2D eigenvalue weighted by molar-refractivity contribution is 6.00. The van der Waals surface area contributed by atoms with Gasteiger partial charge in [-0.2, -0.15) is 0 Å². The zero-order valence-corrected chi connectivity index (χ0v) is 22.9. The van der Waals surface area contributed by atoms with Crippen molar-refractivity contribution in [3.63, 3.8) is 0 Å². The number of aliphatic carboxylic acids is 1. The predicted octanol–water partition coefficient (Wildman–Crippen LogP) is 2.34. The number of rotatable bonds is 12. The van der Waals surface area contributed by atoms with E-state index < -0.39 is 47.4 Å². The zero-order valence-electron chi connectivity index (χ0n) is 22.9. The summed E-state index contributed by atoms with van der Waals surface area (Å²) >= 11 is 0. The first-order valence-electron chi connectivity index (χ1n) is 12.5. The Labute approximate surface area is 227 Å². The van der Waals surface area contributed by atoms with Crippen molar-refractivity contribution in [1.29, 1.82) is 0 Å². The minimum absolute atomic E-state index is 0.0101. The second kappa shape index (κ2) is 15.9. The number of benzene rings is 1. The van der Waals surface area contributed by atoms with Crippen LogP contribution in [0.1, 0.15) is 59.4 Å². The molecule has 3 amide bonds. The molecule has 2 unspecified atom stereocenters. The minimum atomic E-state index is -1.42. The fourth-order valence-corrected chi connectivity index (χ4v) is 3.39. The predicted molar refractivity (Wildman–Crippen MR) is 142 cm³/mol. The Kier molecular flexibility index (Phi) is 13.3. The van der Waals surface area contributed by atoms with E-state index in [9.17, 15) is 29.1 Å². The fraction of sp³-hybridized carbons (Fsp3) is 0.519. The summed E-state index contributed by atoms with van der Waals surface area (Å²) in [5.74, 6) is -0.0948. The minimum Gasteiger partial charge on any atom is -0.506 e. The second-order valence-corrected chi connectivity index (χ2v) is 9.75. The van der Waals surface area contributed by atoms with Crippen LogP contribution in [0.25, 0.3) is 0 Å². The lowest BCUT2D eigenvalue weighted by Gasteiger charge is -2.25. The van der Waals surface area contributed by atoms with Gasteiger partial charge in [-0.15, -0.1) is 0 Å². The monoisotopic (exact) mass is 547 g/mol. The third-order valence-electron chi connectivity index (χ3n) is 5.01. The molecular weight excluding hydrogens is 510 g/mol. The molecule has 0 fully saturated rings. The second-order valence-electron chi connectivity index (χ2n) is 9.75. The molecule has 0 aromatic heterocycles. The average Bonchev–Trinajstić information content (AvgIpc) is 2.81. The van der Waals surface area contributed by atoms with E-state index in [0.717, 1.165) is 0 Å². The number of anilines is 1. The van der Waals surface area contributed by atoms with Crippen LogP contribution in [0.3, 0.4) is 0 Å². The molecule has 0 spiro atoms. The van der Waals surface area contributed by atoms with E-state index in [1.807, 2.05) is 5.92 Å². The van der Waals surface area contributed by atoms with Crippen LogP contribution >= 0.6 is 0 Å². The number of hydrogen-bond acceptors (Lipinski definition) is 8. The molecule has 0 aliphatic carbocycles. The van der Waals surface area contributed by atoms with Gasteiger partial charge < -0.3 is 35.6 Å². The Morgan fingerprint density at radius 1 is 1.10 bits per heavy atom. The normalized spacial score (nSPS) is 12.1. The van der Waals surface area contributed by atoms with Crippen LogP contribution < -0.4 is 16.0 Å². The molecule has 0 saturated carbocycles. The first-order valence-corrected chi connectivity index (χ1v) is 12.5. The van der Waals surface area contributed by atoms with Crippen molar-refractivity contribution >= 4 is 35.5 Å². The van der Waals surface area contributed by atoms with Crippen LogP contribution in [0.5, 0.6) is 5.75 Å². The highest BCUT2D eigenvalue weighted by Gasteiger charge is 2.25. The van der Waals surface area contributed by atoms with Crippen molar-refractivity contribution in [2.24, 2.45) is 5.92 Å². The number of aromatic hydroxyl groups is 1. The Bertz CT molecular complexity index is 1100. The third kappa shape index (κ3) is 14.3. The number of phenolic OH excluding ortho intramolecular Hbond substituents is 1. The molecule has 214 valence electrons. The molecule has 0 saturated heterocycles. The number of carbonyl (C=O) groups excluding carboxylic acids is 4. The molecule has 12 nitrogen and oxygen atoms in total. The van der Waals surface area contributed by atoms with Gasteiger partial charge in [-0.25, -0.2) is 9.59 Å². The Morgan fingerprint density at radius 3 is 2.41 bits per heavy atom. The highest BCUT2D eigenvalue weighted by atomic mass is 16.6. The van der Waals surface area contributed by atoms with E-state index in [2.05, 4.69) is 16.0 Å². The zero-order chi connectivity index (χ0) is 29.6. The molecule has 39 heavy (non-hydrogen) atoms. The van der Waals surface area contributed by atoms with Crippen molar-refractivity contribution in [3.05, 3.63) is 23.8 Å². The summed E-state index contributed by atoms with van der Waals surface area (Å²) in [6, 6.07) is 4.10. The lowest BCUT2D eigenvalue weighted by molar-refractivity contribution is -0.147. The first kappa shape index (κ1) is 32.8. The molecule has 1 aromatic rings. The van der Waals surface area contributed by atoms with Crippen molar-refractivity contribution in [2.75, 3.05) is 18.5 Å². The number of phenols is 1. The van der Waals surface area contributed by atoms with E-state index in [0.29, 0.717) is 5.56 Å². The maximum atomic E-state index is 12.4. The van der Waals surface area contributed by atoms with Crippen molar-refractivity contribution < 1.29 is 43.7 Å². The van der Waals surface area contributed by atoms with Crippen LogP contribution in [0.2, 0.25) is 0 Å². The van der Waals surface area contributed by atoms with Crippen LogP contribution in [-0.4, -0.2) is 64.9 Å². The molecule has 5 N–H and O–H groups in total. The molecule has 2 atom stereocenters. The van der Waals surface area contributed by atoms with Gasteiger partial charge in [0.2, 0.25) is 5.91 Å². The van der Waals surface area contributed by atoms with Gasteiger partial charge in [-0.3, -0.25) is 14.4 Å². The molecular formula is C27H37N3O9. The Morgan fingerprint density at radius 2 is 1.79 bits per heavy atom. The summed E-state index contributed by atoms with van der Waals surface area (Å²) in [5.41, 5.74) is 0.110. The lowest BCUT2D eigenvalue weighted by atomic mass is 9.96. The van der Waals surface area contributed by atoms with Crippen LogP contribution in [0.15, 0.2) is 18.2 Å². The van der Waals surface area contributed by atoms with Crippen molar-refractivity contribution in [2.45, 2.75) is 71.9 Å². The van der Waals surface area contributed by atoms with Crippen molar-refractivity contribution in [3.8, 4) is 17.6 Å². The number of nitrogens with one attached hydrogen (secondary N) is 3. The molecule has 1 rings (SSSR count). The Balaban J connectivity index is 2.85. The van der Waals surface area contributed by atoms with E-state index in [1.54, 1.807) is 52.7 Å². The van der Waals surface area contributed by atoms with E-state index in [1.165, 1.54) is 6.07 Å². The number of esters is 1. The molecule has 0 aliphatic rings. The molecule has 0 heterocycles. The number of carboxylic acid groups (broad SMARTS) is 1. The van der Waals surface area contributed by atoms with Crippen LogP contribution in [0, 0.1) is 17.8 Å². The number of carboxylic acids is 1. The Hall–Kier alpha value is -4.27. The molecule has 0 bridgehead atoms. The van der Waals surface area contributed by atoms with Gasteiger partial charge in [0.15, 0.2) is 0 Å². The number of alkyl carbamates (subject to hydrolysis) is 1. The average molecular weight is 548 g/mol. The number of ether oxygens (including phenoxy) is 2. The van der Waals surface area contributed by atoms with Gasteiger partial charge in [0.1, 0.15) is 11.4 Å². The maximum Gasteiger partial charge on any atom is 0.407 e. The molecule has 1 aromatic carbocycles. The van der Waals surface area contributed by atoms with Crippen molar-refractivity contribution in [1.82, 2.24) is 10.6 Å². The summed E-state index contributed by atoms with van der Waals surface area (Å²) in [6.45, 7) is 8.95. The third-order valence-corrected chi connectivity index (χ3v) is 5.01. The number of amides is 3. The van der Waals surface area contributed by atoms with Gasteiger partial charge in [0.05, 0.1) is 18.2 Å². The summed E-state index contributed by atoms with van der Waals surface area (Å²) in [7, 11) is 0. The van der Waals surface area contributed by atoms with E-state index in [-0.39, 0.29) is 50.3 Å². The lowest BCUT2D eigenvalue weighted by Crippen LogP contribution is -2.41. The highest BCUT2D eigenvalue weighted by Crippen LogP contribution is 2.26. The largest absolute Gasteiger partial charge is 0.506 e. The topological polar surface area (TPSA) is 180 Å².